The zero-order chi connectivity index (χ0) is 18.6. The number of methoxy groups -OCH3 is 1. The molecule has 0 unspecified atom stereocenters. The third kappa shape index (κ3) is 4.77. The molecule has 26 heavy (non-hydrogen) atoms. The van der Waals surface area contributed by atoms with Gasteiger partial charge in [0.1, 0.15) is 5.75 Å². The minimum Gasteiger partial charge on any atom is -0.497 e. The molecule has 2 fully saturated rings. The molecule has 1 amide bonds. The molecule has 1 saturated carbocycles. The number of rotatable bonds is 5. The summed E-state index contributed by atoms with van der Waals surface area (Å²) in [4.78, 5) is 14.5. The molecule has 1 saturated heterocycles. The van der Waals surface area contributed by atoms with E-state index in [1.54, 1.807) is 7.11 Å². The van der Waals surface area contributed by atoms with E-state index in [-0.39, 0.29) is 5.91 Å². The number of benzene rings is 1. The second-order valence-corrected chi connectivity index (χ2v) is 8.06. The van der Waals surface area contributed by atoms with Crippen molar-refractivity contribution in [1.82, 2.24) is 10.2 Å². The van der Waals surface area contributed by atoms with Crippen LogP contribution in [0.3, 0.4) is 0 Å². The maximum atomic E-state index is 12.3. The Kier molecular flexibility index (Phi) is 6.20. The first-order chi connectivity index (χ1) is 12.5. The zero-order valence-corrected chi connectivity index (χ0v) is 16.0. The van der Waals surface area contributed by atoms with Crippen molar-refractivity contribution < 1.29 is 14.6 Å². The van der Waals surface area contributed by atoms with Crippen LogP contribution in [0.4, 0.5) is 0 Å². The van der Waals surface area contributed by atoms with E-state index in [9.17, 15) is 9.90 Å². The monoisotopic (exact) mass is 360 g/mol. The first-order valence-corrected chi connectivity index (χ1v) is 9.87. The molecule has 5 heteroatoms. The molecule has 1 heterocycles. The van der Waals surface area contributed by atoms with Crippen molar-refractivity contribution in [2.45, 2.75) is 57.1 Å². The lowest BCUT2D eigenvalue weighted by Gasteiger charge is -2.38. The van der Waals surface area contributed by atoms with E-state index >= 15 is 0 Å². The van der Waals surface area contributed by atoms with Gasteiger partial charge in [-0.2, -0.15) is 0 Å². The Hall–Kier alpha value is -1.59. The second-order valence-electron chi connectivity index (χ2n) is 8.06. The van der Waals surface area contributed by atoms with Crippen LogP contribution >= 0.6 is 0 Å². The smallest absolute Gasteiger partial charge is 0.234 e. The molecule has 0 spiro atoms. The average Bonchev–Trinajstić information content (AvgIpc) is 2.66. The van der Waals surface area contributed by atoms with E-state index in [0.717, 1.165) is 43.2 Å². The van der Waals surface area contributed by atoms with E-state index in [0.29, 0.717) is 25.4 Å². The molecular formula is C21H32N2O3. The molecule has 1 aromatic rings. The van der Waals surface area contributed by atoms with E-state index in [2.05, 4.69) is 17.1 Å². The molecule has 144 valence electrons. The molecule has 1 aromatic carbocycles. The largest absolute Gasteiger partial charge is 0.497 e. The molecule has 0 atom stereocenters. The summed E-state index contributed by atoms with van der Waals surface area (Å²) in [5.74, 6) is 1.71. The van der Waals surface area contributed by atoms with Crippen LogP contribution in [-0.2, 0) is 10.4 Å². The van der Waals surface area contributed by atoms with Gasteiger partial charge in [-0.25, -0.2) is 0 Å². The van der Waals surface area contributed by atoms with Gasteiger partial charge in [-0.1, -0.05) is 19.1 Å². The number of hydrogen-bond donors (Lipinski definition) is 2. The van der Waals surface area contributed by atoms with Gasteiger partial charge in [-0.15, -0.1) is 0 Å². The van der Waals surface area contributed by atoms with Crippen molar-refractivity contribution in [2.75, 3.05) is 26.7 Å². The van der Waals surface area contributed by atoms with Gasteiger partial charge in [0.15, 0.2) is 0 Å². The highest BCUT2D eigenvalue weighted by atomic mass is 16.5. The van der Waals surface area contributed by atoms with E-state index < -0.39 is 5.60 Å². The highest BCUT2D eigenvalue weighted by molar-refractivity contribution is 5.78. The number of ether oxygens (including phenoxy) is 1. The lowest BCUT2D eigenvalue weighted by molar-refractivity contribution is -0.124. The number of piperidine rings is 1. The molecule has 2 aliphatic rings. The van der Waals surface area contributed by atoms with E-state index in [1.165, 1.54) is 12.8 Å². The third-order valence-corrected chi connectivity index (χ3v) is 6.06. The molecule has 3 rings (SSSR count). The number of carbonyl (C=O) groups excluding carboxylic acids is 1. The number of amides is 1. The van der Waals surface area contributed by atoms with Crippen LogP contribution in [0, 0.1) is 5.92 Å². The molecule has 0 radical (unpaired) electrons. The van der Waals surface area contributed by atoms with Gasteiger partial charge in [0.2, 0.25) is 5.91 Å². The third-order valence-electron chi connectivity index (χ3n) is 6.06. The predicted octanol–water partition coefficient (Wildman–Crippen LogP) is 2.67. The Morgan fingerprint density at radius 3 is 2.38 bits per heavy atom. The zero-order valence-electron chi connectivity index (χ0n) is 16.0. The first kappa shape index (κ1) is 19.2. The van der Waals surface area contributed by atoms with Gasteiger partial charge in [0.05, 0.1) is 19.3 Å². The van der Waals surface area contributed by atoms with E-state index in [1.807, 2.05) is 24.3 Å². The fourth-order valence-electron chi connectivity index (χ4n) is 4.15. The van der Waals surface area contributed by atoms with Crippen molar-refractivity contribution in [1.29, 1.82) is 0 Å². The number of nitrogens with one attached hydrogen (secondary N) is 1. The number of nitrogens with zero attached hydrogens (tertiary/aromatic N) is 1. The number of aliphatic hydroxyl groups is 1. The quantitative estimate of drug-likeness (QED) is 0.847. The van der Waals surface area contributed by atoms with E-state index in [4.69, 9.17) is 4.74 Å². The van der Waals surface area contributed by atoms with Crippen molar-refractivity contribution in [2.24, 2.45) is 5.92 Å². The number of hydrogen-bond acceptors (Lipinski definition) is 4. The van der Waals surface area contributed by atoms with Gasteiger partial charge in [0.25, 0.3) is 0 Å². The number of carbonyl (C=O) groups is 1. The summed E-state index contributed by atoms with van der Waals surface area (Å²) in [6.07, 6.45) is 5.92. The van der Waals surface area contributed by atoms with Crippen LogP contribution in [0.15, 0.2) is 24.3 Å². The van der Waals surface area contributed by atoms with Crippen molar-refractivity contribution in [3.05, 3.63) is 29.8 Å². The Morgan fingerprint density at radius 1 is 1.19 bits per heavy atom. The maximum Gasteiger partial charge on any atom is 0.234 e. The second kappa shape index (κ2) is 8.40. The summed E-state index contributed by atoms with van der Waals surface area (Å²) < 4.78 is 5.18. The Morgan fingerprint density at radius 2 is 1.81 bits per heavy atom. The lowest BCUT2D eigenvalue weighted by atomic mass is 9.84. The molecule has 0 aromatic heterocycles. The fourth-order valence-corrected chi connectivity index (χ4v) is 4.15. The topological polar surface area (TPSA) is 61.8 Å². The van der Waals surface area contributed by atoms with Crippen LogP contribution in [0.1, 0.15) is 51.0 Å². The van der Waals surface area contributed by atoms with Crippen molar-refractivity contribution in [3.8, 4) is 5.75 Å². The van der Waals surface area contributed by atoms with Gasteiger partial charge in [0, 0.05) is 19.1 Å². The van der Waals surface area contributed by atoms with Gasteiger partial charge >= 0.3 is 0 Å². The highest BCUT2D eigenvalue weighted by Gasteiger charge is 2.34. The molecule has 5 nitrogen and oxygen atoms in total. The van der Waals surface area contributed by atoms with Gasteiger partial charge < -0.3 is 15.2 Å². The normalized spacial score (nSPS) is 26.3. The standard InChI is InChI=1S/C21H32N2O3/c1-16-3-7-18(8-4-16)22-20(24)15-23-13-11-21(25,12-14-23)17-5-9-19(26-2)10-6-17/h5-6,9-10,16,18,25H,3-4,7-8,11-15H2,1-2H3,(H,22,24). The van der Waals surface area contributed by atoms with Gasteiger partial charge in [-0.3, -0.25) is 9.69 Å². The minimum absolute atomic E-state index is 0.124. The minimum atomic E-state index is -0.807. The Labute approximate surface area is 156 Å². The van der Waals surface area contributed by atoms with Crippen LogP contribution < -0.4 is 10.1 Å². The summed E-state index contributed by atoms with van der Waals surface area (Å²) in [6, 6.07) is 7.99. The molecule has 0 bridgehead atoms. The molecule has 1 aliphatic carbocycles. The molecular weight excluding hydrogens is 328 g/mol. The molecule has 1 aliphatic heterocycles. The van der Waals surface area contributed by atoms with Crippen LogP contribution in [0.2, 0.25) is 0 Å². The lowest BCUT2D eigenvalue weighted by Crippen LogP contribution is -2.48. The predicted molar refractivity (Wildman–Crippen MR) is 102 cm³/mol. The van der Waals surface area contributed by atoms with Crippen molar-refractivity contribution >= 4 is 5.91 Å². The summed E-state index contributed by atoms with van der Waals surface area (Å²) in [5.41, 5.74) is 0.123. The SMILES string of the molecule is COc1ccc(C2(O)CCN(CC(=O)NC3CCC(C)CC3)CC2)cc1. The molecule has 2 N–H and O–H groups in total. The average molecular weight is 360 g/mol. The van der Waals surface area contributed by atoms with Gasteiger partial charge in [-0.05, 0) is 62.1 Å². The number of likely N-dealkylation sites (tertiary alicyclic amines) is 1. The van der Waals surface area contributed by atoms with Crippen LogP contribution in [0.5, 0.6) is 5.75 Å². The van der Waals surface area contributed by atoms with Crippen molar-refractivity contribution in [3.63, 3.8) is 0 Å². The maximum absolute atomic E-state index is 12.3. The summed E-state index contributed by atoms with van der Waals surface area (Å²) in [6.45, 7) is 4.19. The Balaban J connectivity index is 1.46. The summed E-state index contributed by atoms with van der Waals surface area (Å²) in [7, 11) is 1.64. The Bertz CT molecular complexity index is 586. The summed E-state index contributed by atoms with van der Waals surface area (Å²) >= 11 is 0. The fraction of sp³-hybridized carbons (Fsp3) is 0.667. The summed E-state index contributed by atoms with van der Waals surface area (Å²) in [5, 5.41) is 14.2. The highest BCUT2D eigenvalue weighted by Crippen LogP contribution is 2.33. The van der Waals surface area contributed by atoms with Crippen LogP contribution in [0.25, 0.3) is 0 Å². The van der Waals surface area contributed by atoms with Crippen LogP contribution in [-0.4, -0.2) is 48.7 Å². The first-order valence-electron chi connectivity index (χ1n) is 9.87.